The Morgan fingerprint density at radius 2 is 2.13 bits per heavy atom. The summed E-state index contributed by atoms with van der Waals surface area (Å²) in [6.45, 7) is 0.0997. The van der Waals surface area contributed by atoms with E-state index in [-0.39, 0.29) is 6.61 Å². The zero-order chi connectivity index (χ0) is 11.3. The van der Waals surface area contributed by atoms with Gasteiger partial charge in [-0.25, -0.2) is 8.42 Å². The van der Waals surface area contributed by atoms with Crippen molar-refractivity contribution in [1.29, 1.82) is 0 Å². The van der Waals surface area contributed by atoms with E-state index in [9.17, 15) is 8.42 Å². The van der Waals surface area contributed by atoms with Crippen molar-refractivity contribution in [3.05, 3.63) is 24.3 Å². The van der Waals surface area contributed by atoms with Crippen LogP contribution in [0.2, 0.25) is 0 Å². The average Bonchev–Trinajstić information content (AvgIpc) is 2.14. The lowest BCUT2D eigenvalue weighted by molar-refractivity contribution is 0.372. The third kappa shape index (κ3) is 3.92. The number of nitrogens with one attached hydrogen (secondary N) is 1. The Morgan fingerprint density at radius 3 is 2.73 bits per heavy atom. The quantitative estimate of drug-likeness (QED) is 0.780. The molecule has 1 aromatic rings. The summed E-state index contributed by atoms with van der Waals surface area (Å²) in [4.78, 5) is 0. The molecule has 5 heteroatoms. The Hall–Kier alpha value is -1.67. The first kappa shape index (κ1) is 11.4. The predicted molar refractivity (Wildman–Crippen MR) is 59.2 cm³/mol. The standard InChI is InChI=1S/C10H11NO3S/c1-3-8-14-10-7-5-4-6-9(10)11-15(2,12)13/h1,4-7,11H,8H2,2H3. The number of para-hydroxylation sites is 2. The van der Waals surface area contributed by atoms with Crippen LogP contribution in [-0.4, -0.2) is 21.3 Å². The zero-order valence-corrected chi connectivity index (χ0v) is 9.04. The van der Waals surface area contributed by atoms with E-state index in [4.69, 9.17) is 11.2 Å². The van der Waals surface area contributed by atoms with Crippen molar-refractivity contribution in [2.24, 2.45) is 0 Å². The summed E-state index contributed by atoms with van der Waals surface area (Å²) in [5, 5.41) is 0. The summed E-state index contributed by atoms with van der Waals surface area (Å²) in [6.07, 6.45) is 6.11. The topological polar surface area (TPSA) is 55.4 Å². The summed E-state index contributed by atoms with van der Waals surface area (Å²) in [7, 11) is -3.31. The highest BCUT2D eigenvalue weighted by Crippen LogP contribution is 2.24. The van der Waals surface area contributed by atoms with Crippen molar-refractivity contribution in [1.82, 2.24) is 0 Å². The van der Waals surface area contributed by atoms with Gasteiger partial charge in [-0.1, -0.05) is 18.1 Å². The Morgan fingerprint density at radius 1 is 1.47 bits per heavy atom. The van der Waals surface area contributed by atoms with E-state index in [0.29, 0.717) is 11.4 Å². The lowest BCUT2D eigenvalue weighted by atomic mass is 10.3. The minimum atomic E-state index is -3.31. The zero-order valence-electron chi connectivity index (χ0n) is 8.23. The highest BCUT2D eigenvalue weighted by Gasteiger charge is 2.06. The van der Waals surface area contributed by atoms with Gasteiger partial charge in [0.15, 0.2) is 0 Å². The molecule has 0 aromatic heterocycles. The minimum Gasteiger partial charge on any atom is -0.479 e. The fourth-order valence-corrected chi connectivity index (χ4v) is 1.56. The summed E-state index contributed by atoms with van der Waals surface area (Å²) in [5.41, 5.74) is 0.384. The normalized spacial score (nSPS) is 10.4. The van der Waals surface area contributed by atoms with Gasteiger partial charge in [0.25, 0.3) is 0 Å². The predicted octanol–water partition coefficient (Wildman–Crippen LogP) is 1.07. The van der Waals surface area contributed by atoms with E-state index in [1.165, 1.54) is 0 Å². The number of sulfonamides is 1. The Labute approximate surface area is 89.3 Å². The van der Waals surface area contributed by atoms with Crippen LogP contribution in [0.1, 0.15) is 0 Å². The first-order valence-corrected chi connectivity index (χ1v) is 6.05. The van der Waals surface area contributed by atoms with Gasteiger partial charge in [-0.05, 0) is 12.1 Å². The molecule has 0 spiro atoms. The second-order valence-corrected chi connectivity index (χ2v) is 4.61. The maximum atomic E-state index is 11.0. The smallest absolute Gasteiger partial charge is 0.229 e. The van der Waals surface area contributed by atoms with Gasteiger partial charge in [0.05, 0.1) is 11.9 Å². The molecule has 1 N–H and O–H groups in total. The molecule has 0 saturated heterocycles. The van der Waals surface area contributed by atoms with Crippen molar-refractivity contribution < 1.29 is 13.2 Å². The first-order valence-electron chi connectivity index (χ1n) is 4.16. The second-order valence-electron chi connectivity index (χ2n) is 2.86. The Kier molecular flexibility index (Phi) is 3.58. The number of benzene rings is 1. The molecule has 0 amide bonds. The van der Waals surface area contributed by atoms with Gasteiger partial charge >= 0.3 is 0 Å². The van der Waals surface area contributed by atoms with Gasteiger partial charge in [-0.15, -0.1) is 6.42 Å². The van der Waals surface area contributed by atoms with Crippen LogP contribution in [-0.2, 0) is 10.0 Å². The summed E-state index contributed by atoms with van der Waals surface area (Å²) in [5.74, 6) is 2.72. The number of terminal acetylenes is 1. The maximum Gasteiger partial charge on any atom is 0.229 e. The highest BCUT2D eigenvalue weighted by molar-refractivity contribution is 7.92. The fourth-order valence-electron chi connectivity index (χ4n) is 0.996. The van der Waals surface area contributed by atoms with Gasteiger partial charge in [-0.2, -0.15) is 0 Å². The van der Waals surface area contributed by atoms with E-state index in [1.807, 2.05) is 0 Å². The second kappa shape index (κ2) is 4.71. The number of anilines is 1. The van der Waals surface area contributed by atoms with E-state index in [1.54, 1.807) is 24.3 Å². The molecule has 0 bridgehead atoms. The highest BCUT2D eigenvalue weighted by atomic mass is 32.2. The van der Waals surface area contributed by atoms with Crippen molar-refractivity contribution in [3.63, 3.8) is 0 Å². The van der Waals surface area contributed by atoms with E-state index < -0.39 is 10.0 Å². The molecule has 4 nitrogen and oxygen atoms in total. The van der Waals surface area contributed by atoms with Gasteiger partial charge in [0.1, 0.15) is 12.4 Å². The van der Waals surface area contributed by atoms with Crippen LogP contribution in [0.15, 0.2) is 24.3 Å². The molecule has 0 atom stereocenters. The summed E-state index contributed by atoms with van der Waals surface area (Å²) in [6, 6.07) is 6.69. The monoisotopic (exact) mass is 225 g/mol. The van der Waals surface area contributed by atoms with E-state index in [0.717, 1.165) is 6.26 Å². The van der Waals surface area contributed by atoms with Crippen LogP contribution in [0.25, 0.3) is 0 Å². The SMILES string of the molecule is C#CCOc1ccccc1NS(C)(=O)=O. The van der Waals surface area contributed by atoms with Gasteiger partial charge in [0.2, 0.25) is 10.0 Å². The van der Waals surface area contributed by atoms with E-state index >= 15 is 0 Å². The van der Waals surface area contributed by atoms with Crippen LogP contribution in [0.4, 0.5) is 5.69 Å². The molecule has 0 saturated carbocycles. The van der Waals surface area contributed by atoms with Crippen molar-refractivity contribution in [3.8, 4) is 18.1 Å². The molecule has 0 radical (unpaired) electrons. The molecule has 15 heavy (non-hydrogen) atoms. The van der Waals surface area contributed by atoms with Crippen LogP contribution < -0.4 is 9.46 Å². The lowest BCUT2D eigenvalue weighted by Crippen LogP contribution is -2.10. The Balaban J connectivity index is 2.92. The average molecular weight is 225 g/mol. The summed E-state index contributed by atoms with van der Waals surface area (Å²) < 4.78 is 29.5. The molecular formula is C10H11NO3S. The summed E-state index contributed by atoms with van der Waals surface area (Å²) >= 11 is 0. The van der Waals surface area contributed by atoms with Crippen LogP contribution in [0, 0.1) is 12.3 Å². The molecule has 0 heterocycles. The molecule has 0 aliphatic rings. The molecule has 0 fully saturated rings. The molecule has 80 valence electrons. The van der Waals surface area contributed by atoms with Crippen molar-refractivity contribution in [2.75, 3.05) is 17.6 Å². The fraction of sp³-hybridized carbons (Fsp3) is 0.200. The minimum absolute atomic E-state index is 0.0997. The maximum absolute atomic E-state index is 11.0. The molecular weight excluding hydrogens is 214 g/mol. The van der Waals surface area contributed by atoms with Crippen LogP contribution >= 0.6 is 0 Å². The molecule has 0 aliphatic heterocycles. The number of ether oxygens (including phenoxy) is 1. The van der Waals surface area contributed by atoms with Gasteiger partial charge in [-0.3, -0.25) is 4.72 Å². The largest absolute Gasteiger partial charge is 0.479 e. The molecule has 0 unspecified atom stereocenters. The van der Waals surface area contributed by atoms with Gasteiger partial charge in [0, 0.05) is 0 Å². The van der Waals surface area contributed by atoms with Crippen LogP contribution in [0.5, 0.6) is 5.75 Å². The van der Waals surface area contributed by atoms with Crippen LogP contribution in [0.3, 0.4) is 0 Å². The van der Waals surface area contributed by atoms with Gasteiger partial charge < -0.3 is 4.74 Å². The van der Waals surface area contributed by atoms with E-state index in [2.05, 4.69) is 10.6 Å². The third-order valence-electron chi connectivity index (χ3n) is 1.49. The third-order valence-corrected chi connectivity index (χ3v) is 2.08. The Bertz CT molecular complexity index is 474. The lowest BCUT2D eigenvalue weighted by Gasteiger charge is -2.09. The molecule has 0 aliphatic carbocycles. The molecule has 1 rings (SSSR count). The number of rotatable bonds is 4. The number of hydrogen-bond acceptors (Lipinski definition) is 3. The van der Waals surface area contributed by atoms with Crippen molar-refractivity contribution >= 4 is 15.7 Å². The first-order chi connectivity index (χ1) is 7.03. The number of hydrogen-bond donors (Lipinski definition) is 1. The van der Waals surface area contributed by atoms with Crippen molar-refractivity contribution in [2.45, 2.75) is 0 Å². The molecule has 1 aromatic carbocycles.